The summed E-state index contributed by atoms with van der Waals surface area (Å²) >= 11 is 0. The first-order valence-corrected chi connectivity index (χ1v) is 10.4. The molecule has 2 saturated heterocycles. The van der Waals surface area contributed by atoms with Crippen molar-refractivity contribution in [2.45, 2.75) is 36.6 Å². The van der Waals surface area contributed by atoms with Crippen LogP contribution >= 0.6 is 0 Å². The second kappa shape index (κ2) is 6.68. The van der Waals surface area contributed by atoms with Gasteiger partial charge in [-0.25, -0.2) is 13.8 Å². The molecule has 2 unspecified atom stereocenters. The summed E-state index contributed by atoms with van der Waals surface area (Å²) in [5.41, 5.74) is 6.99. The number of carbonyl (C=O) groups is 1. The minimum Gasteiger partial charge on any atom is -0.295 e. The van der Waals surface area contributed by atoms with Gasteiger partial charge in [-0.15, -0.1) is 0 Å². The highest BCUT2D eigenvalue weighted by atomic mass is 32.2. The van der Waals surface area contributed by atoms with Gasteiger partial charge in [0.15, 0.2) is 0 Å². The predicted octanol–water partition coefficient (Wildman–Crippen LogP) is 0.231. The van der Waals surface area contributed by atoms with Crippen LogP contribution in [0.5, 0.6) is 0 Å². The molecule has 1 saturated carbocycles. The summed E-state index contributed by atoms with van der Waals surface area (Å²) in [5, 5.41) is -0.154. The topological polar surface area (TPSA) is 81.8 Å². The highest BCUT2D eigenvalue weighted by Crippen LogP contribution is 2.32. The summed E-state index contributed by atoms with van der Waals surface area (Å²) in [5.74, 6) is -0.0230. The maximum absolute atomic E-state index is 12.4. The van der Waals surface area contributed by atoms with Crippen LogP contribution in [0, 0.1) is 0 Å². The third kappa shape index (κ3) is 3.44. The fourth-order valence-corrected chi connectivity index (χ4v) is 5.61. The van der Waals surface area contributed by atoms with Crippen LogP contribution in [0.25, 0.3) is 0 Å². The van der Waals surface area contributed by atoms with Crippen LogP contribution in [0.1, 0.15) is 30.9 Å². The molecule has 8 heteroatoms. The molecular formula is C17H24N4O3S. The Hall–Kier alpha value is -1.48. The van der Waals surface area contributed by atoms with E-state index in [2.05, 4.69) is 27.9 Å². The van der Waals surface area contributed by atoms with Gasteiger partial charge >= 0.3 is 0 Å². The predicted molar refractivity (Wildman–Crippen MR) is 94.0 cm³/mol. The monoisotopic (exact) mass is 364 g/mol. The number of sulfonamides is 1. The van der Waals surface area contributed by atoms with Crippen molar-refractivity contribution in [2.75, 3.05) is 26.2 Å². The van der Waals surface area contributed by atoms with Gasteiger partial charge in [-0.3, -0.25) is 15.1 Å². The van der Waals surface area contributed by atoms with E-state index in [-0.39, 0.29) is 23.2 Å². The number of nitrogens with one attached hydrogen (secondary N) is 2. The van der Waals surface area contributed by atoms with E-state index in [0.717, 1.165) is 18.4 Å². The zero-order chi connectivity index (χ0) is 17.4. The Morgan fingerprint density at radius 1 is 1.00 bits per heavy atom. The van der Waals surface area contributed by atoms with Crippen LogP contribution in [0.3, 0.4) is 0 Å². The molecule has 2 heterocycles. The van der Waals surface area contributed by atoms with Gasteiger partial charge in [0.2, 0.25) is 15.9 Å². The Morgan fingerprint density at radius 2 is 1.68 bits per heavy atom. The van der Waals surface area contributed by atoms with E-state index in [9.17, 15) is 13.2 Å². The van der Waals surface area contributed by atoms with Crippen LogP contribution in [-0.2, 0) is 14.8 Å². The molecule has 7 nitrogen and oxygen atoms in total. The van der Waals surface area contributed by atoms with E-state index in [1.54, 1.807) is 4.31 Å². The van der Waals surface area contributed by atoms with Gasteiger partial charge < -0.3 is 0 Å². The fourth-order valence-electron chi connectivity index (χ4n) is 3.79. The van der Waals surface area contributed by atoms with Crippen molar-refractivity contribution in [1.29, 1.82) is 0 Å². The third-order valence-electron chi connectivity index (χ3n) is 5.35. The van der Waals surface area contributed by atoms with Gasteiger partial charge in [-0.2, -0.15) is 4.31 Å². The summed E-state index contributed by atoms with van der Waals surface area (Å²) < 4.78 is 26.4. The lowest BCUT2D eigenvalue weighted by Gasteiger charge is -2.44. The standard InChI is InChI=1S/C17H24N4O3S/c22-16-12-15(17(19-18-16)13-4-2-1-3-5-13)20-8-10-21(11-9-20)25(23,24)14-6-7-14/h1-5,14-15,17,19H,6-12H2,(H,18,22). The zero-order valence-corrected chi connectivity index (χ0v) is 14.9. The quantitative estimate of drug-likeness (QED) is 0.799. The SMILES string of the molecule is O=C1CC(N2CCN(S(=O)(=O)C3CC3)CC2)C(c2ccccc2)NN1. The highest BCUT2D eigenvalue weighted by Gasteiger charge is 2.42. The number of nitrogens with zero attached hydrogens (tertiary/aromatic N) is 2. The lowest BCUT2D eigenvalue weighted by atomic mass is 9.94. The second-order valence-corrected chi connectivity index (χ2v) is 9.24. The van der Waals surface area contributed by atoms with Crippen molar-refractivity contribution in [3.63, 3.8) is 0 Å². The summed E-state index contributed by atoms with van der Waals surface area (Å²) in [7, 11) is -3.11. The number of benzene rings is 1. The van der Waals surface area contributed by atoms with Gasteiger partial charge in [-0.05, 0) is 18.4 Å². The summed E-state index contributed by atoms with van der Waals surface area (Å²) in [6, 6.07) is 10.1. The van der Waals surface area contributed by atoms with Gasteiger partial charge in [0.25, 0.3) is 0 Å². The Bertz CT molecular complexity index is 728. The molecule has 2 aliphatic heterocycles. The van der Waals surface area contributed by atoms with Gasteiger partial charge in [0, 0.05) is 38.6 Å². The van der Waals surface area contributed by atoms with Crippen LogP contribution in [-0.4, -0.2) is 61.0 Å². The van der Waals surface area contributed by atoms with Crippen molar-refractivity contribution >= 4 is 15.9 Å². The Labute approximate surface area is 148 Å². The van der Waals surface area contributed by atoms with Crippen molar-refractivity contribution in [1.82, 2.24) is 20.1 Å². The smallest absolute Gasteiger partial charge is 0.235 e. The number of piperazine rings is 1. The van der Waals surface area contributed by atoms with E-state index >= 15 is 0 Å². The molecule has 1 aliphatic carbocycles. The number of amides is 1. The Balaban J connectivity index is 1.47. The van der Waals surface area contributed by atoms with Crippen molar-refractivity contribution < 1.29 is 13.2 Å². The van der Waals surface area contributed by atoms with Crippen molar-refractivity contribution in [2.24, 2.45) is 0 Å². The van der Waals surface area contributed by atoms with Crippen LogP contribution in [0.15, 0.2) is 30.3 Å². The molecule has 0 bridgehead atoms. The molecule has 3 fully saturated rings. The largest absolute Gasteiger partial charge is 0.295 e. The number of rotatable bonds is 4. The molecule has 4 rings (SSSR count). The van der Waals surface area contributed by atoms with Crippen LogP contribution in [0.2, 0.25) is 0 Å². The molecule has 25 heavy (non-hydrogen) atoms. The van der Waals surface area contributed by atoms with Crippen molar-refractivity contribution in [3.8, 4) is 0 Å². The number of hydrazine groups is 1. The van der Waals surface area contributed by atoms with E-state index in [1.165, 1.54) is 0 Å². The number of hydrogen-bond acceptors (Lipinski definition) is 5. The lowest BCUT2D eigenvalue weighted by molar-refractivity contribution is -0.127. The molecule has 1 amide bonds. The summed E-state index contributed by atoms with van der Waals surface area (Å²) in [6.45, 7) is 2.35. The van der Waals surface area contributed by atoms with Gasteiger partial charge in [0.1, 0.15) is 0 Å². The maximum atomic E-state index is 12.4. The van der Waals surface area contributed by atoms with Crippen LogP contribution in [0.4, 0.5) is 0 Å². The molecule has 136 valence electrons. The Morgan fingerprint density at radius 3 is 2.32 bits per heavy atom. The first kappa shape index (κ1) is 17.0. The average molecular weight is 364 g/mol. The molecule has 0 spiro atoms. The number of hydrogen-bond donors (Lipinski definition) is 2. The molecule has 0 aromatic heterocycles. The average Bonchev–Trinajstić information content (AvgIpc) is 3.48. The normalized spacial score (nSPS) is 29.4. The summed E-state index contributed by atoms with van der Waals surface area (Å²) in [4.78, 5) is 14.2. The van der Waals surface area contributed by atoms with Gasteiger partial charge in [-0.1, -0.05) is 30.3 Å². The number of carbonyl (C=O) groups excluding carboxylic acids is 1. The highest BCUT2D eigenvalue weighted by molar-refractivity contribution is 7.90. The third-order valence-corrected chi connectivity index (χ3v) is 7.75. The van der Waals surface area contributed by atoms with E-state index in [4.69, 9.17) is 0 Å². The molecular weight excluding hydrogens is 340 g/mol. The first-order valence-electron chi connectivity index (χ1n) is 8.88. The molecule has 1 aromatic carbocycles. The second-order valence-electron chi connectivity index (χ2n) is 7.03. The van der Waals surface area contributed by atoms with Gasteiger partial charge in [0.05, 0.1) is 11.3 Å². The summed E-state index contributed by atoms with van der Waals surface area (Å²) in [6.07, 6.45) is 2.01. The fraction of sp³-hybridized carbons (Fsp3) is 0.588. The molecule has 2 N–H and O–H groups in total. The van der Waals surface area contributed by atoms with Crippen LogP contribution < -0.4 is 10.9 Å². The minimum absolute atomic E-state index is 0.00508. The molecule has 2 atom stereocenters. The first-order chi connectivity index (χ1) is 12.1. The Kier molecular flexibility index (Phi) is 4.53. The van der Waals surface area contributed by atoms with E-state index in [0.29, 0.717) is 32.6 Å². The molecule has 0 radical (unpaired) electrons. The molecule has 3 aliphatic rings. The van der Waals surface area contributed by atoms with E-state index < -0.39 is 10.0 Å². The molecule has 1 aromatic rings. The lowest BCUT2D eigenvalue weighted by Crippen LogP contribution is -2.60. The van der Waals surface area contributed by atoms with E-state index in [1.807, 2.05) is 18.2 Å². The zero-order valence-electron chi connectivity index (χ0n) is 14.1. The maximum Gasteiger partial charge on any atom is 0.235 e. The van der Waals surface area contributed by atoms with Crippen molar-refractivity contribution in [3.05, 3.63) is 35.9 Å². The minimum atomic E-state index is -3.11.